The van der Waals surface area contributed by atoms with Gasteiger partial charge in [0.15, 0.2) is 6.61 Å². The van der Waals surface area contributed by atoms with Crippen molar-refractivity contribution in [2.75, 3.05) is 16.8 Å². The van der Waals surface area contributed by atoms with E-state index in [2.05, 4.69) is 26.6 Å². The van der Waals surface area contributed by atoms with E-state index in [-0.39, 0.29) is 29.2 Å². The maximum absolute atomic E-state index is 13.2. The zero-order valence-electron chi connectivity index (χ0n) is 19.2. The van der Waals surface area contributed by atoms with E-state index in [0.29, 0.717) is 15.7 Å². The number of carbonyl (C=O) groups excluding carboxylic acids is 4. The highest BCUT2D eigenvalue weighted by Crippen LogP contribution is 2.28. The van der Waals surface area contributed by atoms with Crippen LogP contribution in [0.1, 0.15) is 11.1 Å². The van der Waals surface area contributed by atoms with Gasteiger partial charge in [-0.25, -0.2) is 9.69 Å². The predicted octanol–water partition coefficient (Wildman–Crippen LogP) is 5.75. The van der Waals surface area contributed by atoms with E-state index >= 15 is 0 Å². The van der Waals surface area contributed by atoms with Crippen LogP contribution < -0.4 is 20.3 Å². The van der Waals surface area contributed by atoms with Gasteiger partial charge in [-0.15, -0.1) is 0 Å². The second-order valence-corrected chi connectivity index (χ2v) is 9.68. The Morgan fingerprint density at radius 2 is 1.78 bits per heavy atom. The SMILES string of the molecule is Cc1ccc(NC(=O)COc2ccc(Cl)cc2/C=C2\C(=O)NC(=O)N(c3ccc(Br)cc3)C2=O)cc1Cl. The molecule has 1 aliphatic heterocycles. The van der Waals surface area contributed by atoms with Crippen molar-refractivity contribution in [3.8, 4) is 5.75 Å². The Morgan fingerprint density at radius 1 is 1.05 bits per heavy atom. The molecule has 0 radical (unpaired) electrons. The third-order valence-corrected chi connectivity index (χ3v) is 6.44. The molecule has 1 heterocycles. The fraction of sp³-hybridized carbons (Fsp3) is 0.0769. The van der Waals surface area contributed by atoms with Gasteiger partial charge in [0.25, 0.3) is 17.7 Å². The standard InChI is InChI=1S/C26H18BrCl2N3O5/c1-14-2-6-18(12-21(14)29)30-23(33)13-37-22-9-5-17(28)10-15(22)11-20-24(34)31-26(36)32(25(20)35)19-7-3-16(27)4-8-19/h2-12H,13H2,1H3,(H,30,33)(H,31,34,36)/b20-11+. The number of rotatable bonds is 6. The molecule has 3 aromatic carbocycles. The fourth-order valence-corrected chi connectivity index (χ4v) is 4.04. The number of anilines is 2. The van der Waals surface area contributed by atoms with Gasteiger partial charge >= 0.3 is 6.03 Å². The van der Waals surface area contributed by atoms with Crippen LogP contribution in [0.5, 0.6) is 5.75 Å². The molecule has 8 nitrogen and oxygen atoms in total. The second-order valence-electron chi connectivity index (χ2n) is 7.92. The summed E-state index contributed by atoms with van der Waals surface area (Å²) in [4.78, 5) is 51.4. The molecule has 3 aromatic rings. The molecule has 2 N–H and O–H groups in total. The van der Waals surface area contributed by atoms with E-state index in [4.69, 9.17) is 27.9 Å². The average Bonchev–Trinajstić information content (AvgIpc) is 2.84. The van der Waals surface area contributed by atoms with E-state index in [0.717, 1.165) is 14.9 Å². The van der Waals surface area contributed by atoms with Gasteiger partial charge in [-0.1, -0.05) is 45.2 Å². The molecule has 0 spiro atoms. The molecule has 37 heavy (non-hydrogen) atoms. The number of urea groups is 1. The number of imide groups is 2. The highest BCUT2D eigenvalue weighted by molar-refractivity contribution is 9.10. The summed E-state index contributed by atoms with van der Waals surface area (Å²) in [5.41, 5.74) is 1.61. The van der Waals surface area contributed by atoms with Gasteiger partial charge in [-0.05, 0) is 73.2 Å². The van der Waals surface area contributed by atoms with Crippen LogP contribution in [-0.2, 0) is 14.4 Å². The number of aryl methyl sites for hydroxylation is 1. The first kappa shape index (κ1) is 26.4. The summed E-state index contributed by atoms with van der Waals surface area (Å²) in [7, 11) is 0. The van der Waals surface area contributed by atoms with E-state index < -0.39 is 23.8 Å². The smallest absolute Gasteiger partial charge is 0.335 e. The highest BCUT2D eigenvalue weighted by atomic mass is 79.9. The van der Waals surface area contributed by atoms with Crippen LogP contribution in [0.15, 0.2) is 70.7 Å². The molecule has 1 fully saturated rings. The number of hydrogen-bond acceptors (Lipinski definition) is 5. The molecule has 0 saturated carbocycles. The first-order valence-electron chi connectivity index (χ1n) is 10.8. The maximum atomic E-state index is 13.2. The minimum atomic E-state index is -0.872. The van der Waals surface area contributed by atoms with Crippen molar-refractivity contribution in [2.45, 2.75) is 6.92 Å². The number of ether oxygens (including phenoxy) is 1. The van der Waals surface area contributed by atoms with E-state index in [9.17, 15) is 19.2 Å². The van der Waals surface area contributed by atoms with Crippen molar-refractivity contribution in [3.05, 3.63) is 91.9 Å². The van der Waals surface area contributed by atoms with Crippen LogP contribution >= 0.6 is 39.1 Å². The molecule has 0 aliphatic carbocycles. The molecular weight excluding hydrogens is 585 g/mol. The number of hydrogen-bond donors (Lipinski definition) is 2. The zero-order chi connectivity index (χ0) is 26.7. The number of carbonyl (C=O) groups is 4. The first-order chi connectivity index (χ1) is 17.6. The molecular formula is C26H18BrCl2N3O5. The predicted molar refractivity (Wildman–Crippen MR) is 145 cm³/mol. The molecule has 0 unspecified atom stereocenters. The van der Waals surface area contributed by atoms with Crippen LogP contribution in [0, 0.1) is 6.92 Å². The van der Waals surface area contributed by atoms with Crippen molar-refractivity contribution < 1.29 is 23.9 Å². The Bertz CT molecular complexity index is 1460. The van der Waals surface area contributed by atoms with Crippen molar-refractivity contribution >= 4 is 80.3 Å². The molecule has 188 valence electrons. The summed E-state index contributed by atoms with van der Waals surface area (Å²) < 4.78 is 6.41. The summed E-state index contributed by atoms with van der Waals surface area (Å²) in [6.45, 7) is 1.48. The lowest BCUT2D eigenvalue weighted by Gasteiger charge is -2.26. The van der Waals surface area contributed by atoms with E-state index in [1.54, 1.807) is 42.5 Å². The lowest BCUT2D eigenvalue weighted by Crippen LogP contribution is -2.54. The Balaban J connectivity index is 1.57. The molecule has 0 bridgehead atoms. The minimum Gasteiger partial charge on any atom is -0.483 e. The minimum absolute atomic E-state index is 0.196. The van der Waals surface area contributed by atoms with Crippen LogP contribution in [0.2, 0.25) is 10.0 Å². The highest BCUT2D eigenvalue weighted by Gasteiger charge is 2.37. The van der Waals surface area contributed by atoms with Crippen LogP contribution in [-0.4, -0.2) is 30.4 Å². The average molecular weight is 603 g/mol. The molecule has 11 heteroatoms. The van der Waals surface area contributed by atoms with Gasteiger partial charge < -0.3 is 10.1 Å². The lowest BCUT2D eigenvalue weighted by molar-refractivity contribution is -0.122. The fourth-order valence-electron chi connectivity index (χ4n) is 3.41. The summed E-state index contributed by atoms with van der Waals surface area (Å²) >= 11 is 15.5. The van der Waals surface area contributed by atoms with Gasteiger partial charge in [-0.3, -0.25) is 19.7 Å². The van der Waals surface area contributed by atoms with Gasteiger partial charge in [0.2, 0.25) is 0 Å². The summed E-state index contributed by atoms with van der Waals surface area (Å²) in [5, 5.41) is 5.66. The normalized spacial score (nSPS) is 14.5. The molecule has 4 rings (SSSR count). The van der Waals surface area contributed by atoms with Crippen molar-refractivity contribution in [2.24, 2.45) is 0 Å². The Morgan fingerprint density at radius 3 is 2.49 bits per heavy atom. The lowest BCUT2D eigenvalue weighted by atomic mass is 10.1. The Labute approximate surface area is 230 Å². The number of nitrogens with zero attached hydrogens (tertiary/aromatic N) is 1. The third kappa shape index (κ3) is 6.19. The van der Waals surface area contributed by atoms with Crippen LogP contribution in [0.3, 0.4) is 0 Å². The molecule has 0 atom stereocenters. The van der Waals surface area contributed by atoms with Gasteiger partial charge in [0.05, 0.1) is 5.69 Å². The van der Waals surface area contributed by atoms with Crippen LogP contribution in [0.25, 0.3) is 6.08 Å². The Kier molecular flexibility index (Phi) is 7.97. The van der Waals surface area contributed by atoms with Gasteiger partial charge in [-0.2, -0.15) is 0 Å². The molecule has 0 aromatic heterocycles. The quantitative estimate of drug-likeness (QED) is 0.276. The zero-order valence-corrected chi connectivity index (χ0v) is 22.3. The van der Waals surface area contributed by atoms with Crippen molar-refractivity contribution in [3.63, 3.8) is 0 Å². The monoisotopic (exact) mass is 601 g/mol. The van der Waals surface area contributed by atoms with Gasteiger partial charge in [0.1, 0.15) is 11.3 Å². The van der Waals surface area contributed by atoms with Gasteiger partial charge in [0, 0.05) is 25.8 Å². The number of barbiturate groups is 1. The summed E-state index contributed by atoms with van der Waals surface area (Å²) in [6, 6.07) is 15.2. The maximum Gasteiger partial charge on any atom is 0.335 e. The second kappa shape index (κ2) is 11.2. The van der Waals surface area contributed by atoms with Crippen LogP contribution in [0.4, 0.5) is 16.2 Å². The molecule has 5 amide bonds. The van der Waals surface area contributed by atoms with Crippen molar-refractivity contribution in [1.29, 1.82) is 0 Å². The first-order valence-corrected chi connectivity index (χ1v) is 12.3. The number of halogens is 3. The topological polar surface area (TPSA) is 105 Å². The Hall–Kier alpha value is -3.66. The number of benzene rings is 3. The number of amides is 5. The molecule has 1 aliphatic rings. The number of nitrogens with one attached hydrogen (secondary N) is 2. The van der Waals surface area contributed by atoms with Crippen molar-refractivity contribution in [1.82, 2.24) is 5.32 Å². The third-order valence-electron chi connectivity index (χ3n) is 5.27. The van der Waals surface area contributed by atoms with E-state index in [1.165, 1.54) is 24.3 Å². The summed E-state index contributed by atoms with van der Waals surface area (Å²) in [5.74, 6) is -1.95. The summed E-state index contributed by atoms with van der Waals surface area (Å²) in [6.07, 6.45) is 1.26. The van der Waals surface area contributed by atoms with E-state index in [1.807, 2.05) is 6.92 Å². The largest absolute Gasteiger partial charge is 0.483 e. The molecule has 1 saturated heterocycles.